The Balaban J connectivity index is 1.87. The van der Waals surface area contributed by atoms with Crippen LogP contribution in [0.2, 0.25) is 0 Å². The van der Waals surface area contributed by atoms with Gasteiger partial charge >= 0.3 is 0 Å². The quantitative estimate of drug-likeness (QED) is 0.826. The molecule has 98 valence electrons. The van der Waals surface area contributed by atoms with E-state index in [2.05, 4.69) is 20.5 Å². The van der Waals surface area contributed by atoms with Gasteiger partial charge in [0.2, 0.25) is 0 Å². The minimum absolute atomic E-state index is 0.0123. The summed E-state index contributed by atoms with van der Waals surface area (Å²) in [5, 5.41) is 9.88. The van der Waals surface area contributed by atoms with Gasteiger partial charge in [0.05, 0.1) is 6.04 Å². The number of amides is 1. The number of hydrogen-bond acceptors (Lipinski definition) is 4. The van der Waals surface area contributed by atoms with Crippen LogP contribution in [-0.4, -0.2) is 45.6 Å². The van der Waals surface area contributed by atoms with Crippen LogP contribution < -0.4 is 5.32 Å². The Bertz CT molecular complexity index is 539. The number of aromatic amines is 1. The lowest BCUT2D eigenvalue weighted by Crippen LogP contribution is -2.48. The Morgan fingerprint density at radius 3 is 3.05 bits per heavy atom. The van der Waals surface area contributed by atoms with Crippen LogP contribution in [0.3, 0.4) is 0 Å². The van der Waals surface area contributed by atoms with Crippen molar-refractivity contribution in [3.05, 3.63) is 48.0 Å². The standard InChI is InChI=1S/C13H15N5O/c19-13(11-3-5-16-17-11)18-7-6-15-9-12(18)10-2-1-4-14-8-10/h1-5,8,12,15H,6-7,9H2,(H,16,17). The molecule has 3 heterocycles. The molecule has 2 aromatic heterocycles. The Morgan fingerprint density at radius 1 is 1.37 bits per heavy atom. The van der Waals surface area contributed by atoms with Crippen molar-refractivity contribution >= 4 is 5.91 Å². The Kier molecular flexibility index (Phi) is 3.24. The molecule has 2 aromatic rings. The summed E-state index contributed by atoms with van der Waals surface area (Å²) in [6, 6.07) is 5.60. The molecule has 1 fully saturated rings. The predicted octanol–water partition coefficient (Wildman–Crippen LogP) is 0.591. The Hall–Kier alpha value is -2.21. The van der Waals surface area contributed by atoms with E-state index < -0.39 is 0 Å². The van der Waals surface area contributed by atoms with Crippen molar-refractivity contribution in [1.82, 2.24) is 25.4 Å². The summed E-state index contributed by atoms with van der Waals surface area (Å²) < 4.78 is 0. The molecule has 0 aromatic carbocycles. The molecule has 3 rings (SSSR count). The van der Waals surface area contributed by atoms with Crippen LogP contribution in [0.15, 0.2) is 36.8 Å². The molecule has 0 saturated carbocycles. The highest BCUT2D eigenvalue weighted by Gasteiger charge is 2.29. The third-order valence-electron chi connectivity index (χ3n) is 3.30. The molecule has 6 heteroatoms. The van der Waals surface area contributed by atoms with Gasteiger partial charge in [-0.3, -0.25) is 14.9 Å². The zero-order valence-electron chi connectivity index (χ0n) is 10.4. The molecule has 1 aliphatic rings. The van der Waals surface area contributed by atoms with Crippen LogP contribution in [0, 0.1) is 0 Å². The van der Waals surface area contributed by atoms with E-state index in [1.807, 2.05) is 23.2 Å². The topological polar surface area (TPSA) is 73.9 Å². The van der Waals surface area contributed by atoms with Gasteiger partial charge in [-0.2, -0.15) is 5.10 Å². The number of rotatable bonds is 2. The summed E-state index contributed by atoms with van der Waals surface area (Å²) in [5.41, 5.74) is 1.57. The van der Waals surface area contributed by atoms with Gasteiger partial charge in [-0.1, -0.05) is 6.07 Å². The number of hydrogen-bond donors (Lipinski definition) is 2. The molecule has 2 N–H and O–H groups in total. The number of aromatic nitrogens is 3. The maximum atomic E-state index is 12.5. The summed E-state index contributed by atoms with van der Waals surface area (Å²) >= 11 is 0. The van der Waals surface area contributed by atoms with Crippen molar-refractivity contribution in [2.45, 2.75) is 6.04 Å². The van der Waals surface area contributed by atoms with Gasteiger partial charge in [0.25, 0.3) is 5.91 Å². The number of nitrogens with zero attached hydrogens (tertiary/aromatic N) is 3. The van der Waals surface area contributed by atoms with Crippen molar-refractivity contribution in [2.75, 3.05) is 19.6 Å². The lowest BCUT2D eigenvalue weighted by atomic mass is 10.0. The molecule has 6 nitrogen and oxygen atoms in total. The summed E-state index contributed by atoms with van der Waals surface area (Å²) in [5.74, 6) is -0.0205. The van der Waals surface area contributed by atoms with Gasteiger partial charge in [-0.05, 0) is 17.7 Å². The lowest BCUT2D eigenvalue weighted by molar-refractivity contribution is 0.0628. The van der Waals surface area contributed by atoms with Gasteiger partial charge in [0, 0.05) is 38.2 Å². The molecular formula is C13H15N5O. The predicted molar refractivity (Wildman–Crippen MR) is 69.5 cm³/mol. The largest absolute Gasteiger partial charge is 0.328 e. The maximum absolute atomic E-state index is 12.5. The zero-order chi connectivity index (χ0) is 13.1. The maximum Gasteiger partial charge on any atom is 0.272 e. The fraction of sp³-hybridized carbons (Fsp3) is 0.308. The average Bonchev–Trinajstić information content (AvgIpc) is 3.02. The summed E-state index contributed by atoms with van der Waals surface area (Å²) in [6.07, 6.45) is 5.14. The number of piperazine rings is 1. The molecule has 1 unspecified atom stereocenters. The highest BCUT2D eigenvalue weighted by molar-refractivity contribution is 5.92. The van der Waals surface area contributed by atoms with E-state index in [4.69, 9.17) is 0 Å². The van der Waals surface area contributed by atoms with Crippen LogP contribution in [0.4, 0.5) is 0 Å². The van der Waals surface area contributed by atoms with Crippen molar-refractivity contribution < 1.29 is 4.79 Å². The van der Waals surface area contributed by atoms with Crippen LogP contribution in [0.25, 0.3) is 0 Å². The number of carbonyl (C=O) groups excluding carboxylic acids is 1. The average molecular weight is 257 g/mol. The second-order valence-electron chi connectivity index (χ2n) is 4.48. The van der Waals surface area contributed by atoms with Gasteiger partial charge in [0.1, 0.15) is 5.69 Å². The van der Waals surface area contributed by atoms with Crippen LogP contribution in [-0.2, 0) is 0 Å². The first-order valence-corrected chi connectivity index (χ1v) is 6.27. The number of nitrogens with one attached hydrogen (secondary N) is 2. The first-order valence-electron chi connectivity index (χ1n) is 6.27. The molecule has 0 bridgehead atoms. The van der Waals surface area contributed by atoms with Crippen LogP contribution >= 0.6 is 0 Å². The first-order chi connectivity index (χ1) is 9.36. The molecule has 0 radical (unpaired) electrons. The van der Waals surface area contributed by atoms with E-state index in [-0.39, 0.29) is 11.9 Å². The molecule has 1 saturated heterocycles. The summed E-state index contributed by atoms with van der Waals surface area (Å²) in [4.78, 5) is 18.4. The minimum Gasteiger partial charge on any atom is -0.328 e. The van der Waals surface area contributed by atoms with E-state index in [1.54, 1.807) is 18.5 Å². The molecule has 19 heavy (non-hydrogen) atoms. The normalized spacial score (nSPS) is 19.4. The van der Waals surface area contributed by atoms with Gasteiger partial charge in [0.15, 0.2) is 0 Å². The monoisotopic (exact) mass is 257 g/mol. The second-order valence-corrected chi connectivity index (χ2v) is 4.48. The third kappa shape index (κ3) is 2.34. The minimum atomic E-state index is -0.0205. The van der Waals surface area contributed by atoms with Crippen molar-refractivity contribution in [3.8, 4) is 0 Å². The fourth-order valence-corrected chi connectivity index (χ4v) is 2.35. The Morgan fingerprint density at radius 2 is 2.32 bits per heavy atom. The number of pyridine rings is 1. The SMILES string of the molecule is O=C(c1ccn[nH]1)N1CCNCC1c1cccnc1. The highest BCUT2D eigenvalue weighted by atomic mass is 16.2. The number of H-pyrrole nitrogens is 1. The van der Waals surface area contributed by atoms with Gasteiger partial charge < -0.3 is 10.2 Å². The molecule has 0 spiro atoms. The smallest absolute Gasteiger partial charge is 0.272 e. The van der Waals surface area contributed by atoms with Gasteiger partial charge in [-0.25, -0.2) is 0 Å². The van der Waals surface area contributed by atoms with Crippen molar-refractivity contribution in [2.24, 2.45) is 0 Å². The molecule has 1 amide bonds. The van der Waals surface area contributed by atoms with Gasteiger partial charge in [-0.15, -0.1) is 0 Å². The highest BCUT2D eigenvalue weighted by Crippen LogP contribution is 2.22. The van der Waals surface area contributed by atoms with Crippen molar-refractivity contribution in [3.63, 3.8) is 0 Å². The summed E-state index contributed by atoms with van der Waals surface area (Å²) in [7, 11) is 0. The Labute approximate surface area is 110 Å². The molecule has 1 atom stereocenters. The molecule has 1 aliphatic heterocycles. The zero-order valence-corrected chi connectivity index (χ0v) is 10.4. The van der Waals surface area contributed by atoms with E-state index in [0.29, 0.717) is 12.2 Å². The van der Waals surface area contributed by atoms with E-state index in [9.17, 15) is 4.79 Å². The van der Waals surface area contributed by atoms with E-state index >= 15 is 0 Å². The fourth-order valence-electron chi connectivity index (χ4n) is 2.35. The lowest BCUT2D eigenvalue weighted by Gasteiger charge is -2.36. The van der Waals surface area contributed by atoms with Crippen LogP contribution in [0.5, 0.6) is 0 Å². The first kappa shape index (κ1) is 11.9. The molecular weight excluding hydrogens is 242 g/mol. The van der Waals surface area contributed by atoms with Crippen LogP contribution in [0.1, 0.15) is 22.1 Å². The third-order valence-corrected chi connectivity index (χ3v) is 3.30. The van der Waals surface area contributed by atoms with E-state index in [0.717, 1.165) is 18.7 Å². The van der Waals surface area contributed by atoms with Crippen molar-refractivity contribution in [1.29, 1.82) is 0 Å². The molecule has 0 aliphatic carbocycles. The van der Waals surface area contributed by atoms with E-state index in [1.165, 1.54) is 0 Å². The second kappa shape index (κ2) is 5.19. The summed E-state index contributed by atoms with van der Waals surface area (Å²) in [6.45, 7) is 2.22. The number of carbonyl (C=O) groups is 1.